The molecule has 1 amide bonds. The summed E-state index contributed by atoms with van der Waals surface area (Å²) in [7, 11) is 0. The van der Waals surface area contributed by atoms with Crippen LogP contribution in [0.3, 0.4) is 0 Å². The summed E-state index contributed by atoms with van der Waals surface area (Å²) in [6.07, 6.45) is 5.47. The van der Waals surface area contributed by atoms with Crippen LogP contribution in [0.1, 0.15) is 6.92 Å². The SMILES string of the molecule is CCn1c(SCC(=O)Nc2cccc(SC)c2)nnc1-c1ccncc1. The molecule has 2 aromatic heterocycles. The number of pyridine rings is 1. The molecule has 0 atom stereocenters. The quantitative estimate of drug-likeness (QED) is 0.624. The van der Waals surface area contributed by atoms with Gasteiger partial charge in [-0.2, -0.15) is 0 Å². The van der Waals surface area contributed by atoms with Gasteiger partial charge in [-0.05, 0) is 43.5 Å². The van der Waals surface area contributed by atoms with Gasteiger partial charge in [0.2, 0.25) is 5.91 Å². The molecule has 0 bridgehead atoms. The molecule has 0 unspecified atom stereocenters. The van der Waals surface area contributed by atoms with Gasteiger partial charge in [-0.15, -0.1) is 22.0 Å². The largest absolute Gasteiger partial charge is 0.325 e. The third kappa shape index (κ3) is 4.44. The zero-order valence-electron chi connectivity index (χ0n) is 14.5. The number of hydrogen-bond acceptors (Lipinski definition) is 6. The van der Waals surface area contributed by atoms with Crippen LogP contribution in [0, 0.1) is 0 Å². The molecule has 0 saturated heterocycles. The van der Waals surface area contributed by atoms with Gasteiger partial charge in [0.25, 0.3) is 0 Å². The highest BCUT2D eigenvalue weighted by molar-refractivity contribution is 7.99. The van der Waals surface area contributed by atoms with Crippen LogP contribution < -0.4 is 5.32 Å². The van der Waals surface area contributed by atoms with Gasteiger partial charge in [0.1, 0.15) is 0 Å². The molecule has 0 saturated carbocycles. The van der Waals surface area contributed by atoms with Crippen LogP contribution >= 0.6 is 23.5 Å². The molecule has 1 aromatic carbocycles. The summed E-state index contributed by atoms with van der Waals surface area (Å²) in [5, 5.41) is 12.2. The summed E-state index contributed by atoms with van der Waals surface area (Å²) >= 11 is 3.02. The zero-order chi connectivity index (χ0) is 18.4. The van der Waals surface area contributed by atoms with Gasteiger partial charge in [0, 0.05) is 35.1 Å². The van der Waals surface area contributed by atoms with E-state index in [1.807, 2.05) is 54.1 Å². The van der Waals surface area contributed by atoms with Gasteiger partial charge < -0.3 is 9.88 Å². The molecule has 8 heteroatoms. The Bertz CT molecular complexity index is 882. The predicted molar refractivity (Wildman–Crippen MR) is 107 cm³/mol. The molecule has 0 spiro atoms. The van der Waals surface area contributed by atoms with E-state index in [9.17, 15) is 4.79 Å². The standard InChI is InChI=1S/C18H19N5OS2/c1-3-23-17(13-7-9-19-10-8-13)21-22-18(23)26-12-16(24)20-14-5-4-6-15(11-14)25-2/h4-11H,3,12H2,1-2H3,(H,20,24). The monoisotopic (exact) mass is 385 g/mol. The maximum absolute atomic E-state index is 12.3. The van der Waals surface area contributed by atoms with Gasteiger partial charge >= 0.3 is 0 Å². The minimum absolute atomic E-state index is 0.0654. The molecule has 2 heterocycles. The molecule has 6 nitrogen and oxygen atoms in total. The van der Waals surface area contributed by atoms with Gasteiger partial charge in [0.05, 0.1) is 5.75 Å². The Kier molecular flexibility index (Phi) is 6.30. The first-order valence-electron chi connectivity index (χ1n) is 8.11. The Hall–Kier alpha value is -2.32. The highest BCUT2D eigenvalue weighted by Gasteiger charge is 2.14. The molecule has 0 aliphatic heterocycles. The van der Waals surface area contributed by atoms with Gasteiger partial charge in [-0.3, -0.25) is 9.78 Å². The van der Waals surface area contributed by atoms with Crippen LogP contribution in [-0.2, 0) is 11.3 Å². The number of aromatic nitrogens is 4. The summed E-state index contributed by atoms with van der Waals surface area (Å²) in [6, 6.07) is 11.6. The Labute approximate surface area is 160 Å². The van der Waals surface area contributed by atoms with Crippen molar-refractivity contribution in [2.45, 2.75) is 23.5 Å². The summed E-state index contributed by atoms with van der Waals surface area (Å²) in [5.74, 6) is 0.993. The molecule has 134 valence electrons. The van der Waals surface area contributed by atoms with E-state index in [2.05, 4.69) is 20.5 Å². The fourth-order valence-electron chi connectivity index (χ4n) is 2.42. The maximum Gasteiger partial charge on any atom is 0.234 e. The van der Waals surface area contributed by atoms with Crippen molar-refractivity contribution in [3.63, 3.8) is 0 Å². The van der Waals surface area contributed by atoms with Crippen LogP contribution in [0.4, 0.5) is 5.69 Å². The predicted octanol–water partition coefficient (Wildman–Crippen LogP) is 3.81. The number of carbonyl (C=O) groups is 1. The number of thioether (sulfide) groups is 2. The first kappa shape index (κ1) is 18.5. The number of nitrogens with one attached hydrogen (secondary N) is 1. The zero-order valence-corrected chi connectivity index (χ0v) is 16.2. The maximum atomic E-state index is 12.3. The van der Waals surface area contributed by atoms with Crippen molar-refractivity contribution >= 4 is 35.1 Å². The Balaban J connectivity index is 1.66. The number of carbonyl (C=O) groups excluding carboxylic acids is 1. The molecular formula is C18H19N5OS2. The van der Waals surface area contributed by atoms with Gasteiger partial charge in [0.15, 0.2) is 11.0 Å². The summed E-state index contributed by atoms with van der Waals surface area (Å²) < 4.78 is 2.00. The highest BCUT2D eigenvalue weighted by Crippen LogP contribution is 2.24. The minimum atomic E-state index is -0.0654. The second-order valence-corrected chi connectivity index (χ2v) is 7.18. The lowest BCUT2D eigenvalue weighted by Gasteiger charge is -2.08. The number of amides is 1. The Morgan fingerprint density at radius 1 is 1.19 bits per heavy atom. The van der Waals surface area contributed by atoms with Crippen molar-refractivity contribution in [1.82, 2.24) is 19.7 Å². The van der Waals surface area contributed by atoms with E-state index in [1.165, 1.54) is 11.8 Å². The van der Waals surface area contributed by atoms with Crippen molar-refractivity contribution in [3.05, 3.63) is 48.8 Å². The average molecular weight is 386 g/mol. The molecule has 1 N–H and O–H groups in total. The lowest BCUT2D eigenvalue weighted by molar-refractivity contribution is -0.113. The van der Waals surface area contributed by atoms with Crippen molar-refractivity contribution in [3.8, 4) is 11.4 Å². The molecule has 0 radical (unpaired) electrons. The fraction of sp³-hybridized carbons (Fsp3) is 0.222. The topological polar surface area (TPSA) is 72.7 Å². The van der Waals surface area contributed by atoms with E-state index in [4.69, 9.17) is 0 Å². The van der Waals surface area contributed by atoms with Gasteiger partial charge in [-0.25, -0.2) is 0 Å². The smallest absolute Gasteiger partial charge is 0.234 e. The molecule has 3 rings (SSSR count). The second kappa shape index (κ2) is 8.86. The van der Waals surface area contributed by atoms with E-state index in [0.717, 1.165) is 33.7 Å². The normalized spacial score (nSPS) is 10.7. The molecule has 0 fully saturated rings. The van der Waals surface area contributed by atoms with Crippen molar-refractivity contribution in [2.75, 3.05) is 17.3 Å². The fourth-order valence-corrected chi connectivity index (χ4v) is 3.68. The molecular weight excluding hydrogens is 366 g/mol. The Morgan fingerprint density at radius 3 is 2.73 bits per heavy atom. The summed E-state index contributed by atoms with van der Waals surface area (Å²) in [4.78, 5) is 17.4. The lowest BCUT2D eigenvalue weighted by Crippen LogP contribution is -2.14. The van der Waals surface area contributed by atoms with Crippen LogP contribution in [0.5, 0.6) is 0 Å². The molecule has 26 heavy (non-hydrogen) atoms. The molecule has 3 aromatic rings. The number of rotatable bonds is 7. The first-order valence-corrected chi connectivity index (χ1v) is 10.3. The van der Waals surface area contributed by atoms with Crippen LogP contribution in [0.25, 0.3) is 11.4 Å². The molecule has 0 aliphatic rings. The first-order chi connectivity index (χ1) is 12.7. The number of benzene rings is 1. The third-order valence-corrected chi connectivity index (χ3v) is 5.35. The van der Waals surface area contributed by atoms with E-state index in [-0.39, 0.29) is 11.7 Å². The van der Waals surface area contributed by atoms with E-state index >= 15 is 0 Å². The number of anilines is 1. The second-order valence-electron chi connectivity index (χ2n) is 5.36. The van der Waals surface area contributed by atoms with Crippen LogP contribution in [0.15, 0.2) is 58.8 Å². The van der Waals surface area contributed by atoms with Crippen molar-refractivity contribution < 1.29 is 4.79 Å². The van der Waals surface area contributed by atoms with Crippen LogP contribution in [-0.4, -0.2) is 37.7 Å². The van der Waals surface area contributed by atoms with E-state index in [0.29, 0.717) is 0 Å². The summed E-state index contributed by atoms with van der Waals surface area (Å²) in [6.45, 7) is 2.76. The number of hydrogen-bond donors (Lipinski definition) is 1. The lowest BCUT2D eigenvalue weighted by atomic mass is 10.2. The van der Waals surface area contributed by atoms with Crippen LogP contribution in [0.2, 0.25) is 0 Å². The molecule has 0 aliphatic carbocycles. The third-order valence-electron chi connectivity index (χ3n) is 3.66. The van der Waals surface area contributed by atoms with Crippen molar-refractivity contribution in [1.29, 1.82) is 0 Å². The number of nitrogens with zero attached hydrogens (tertiary/aromatic N) is 4. The van der Waals surface area contributed by atoms with E-state index in [1.54, 1.807) is 24.2 Å². The average Bonchev–Trinajstić information content (AvgIpc) is 3.10. The van der Waals surface area contributed by atoms with Crippen molar-refractivity contribution in [2.24, 2.45) is 0 Å². The van der Waals surface area contributed by atoms with Gasteiger partial charge in [-0.1, -0.05) is 17.8 Å². The minimum Gasteiger partial charge on any atom is -0.325 e. The summed E-state index contributed by atoms with van der Waals surface area (Å²) in [5.41, 5.74) is 1.76. The Morgan fingerprint density at radius 2 is 2.00 bits per heavy atom. The highest BCUT2D eigenvalue weighted by atomic mass is 32.2. The van der Waals surface area contributed by atoms with E-state index < -0.39 is 0 Å².